The highest BCUT2D eigenvalue weighted by Crippen LogP contribution is 2.52. The van der Waals surface area contributed by atoms with Crippen LogP contribution in [0.1, 0.15) is 41.7 Å². The Morgan fingerprint density at radius 1 is 0.508 bits per heavy atom. The maximum atomic E-state index is 3.95. The van der Waals surface area contributed by atoms with Crippen LogP contribution in [0, 0.1) is 20.8 Å². The maximum absolute atomic E-state index is 3.95. The summed E-state index contributed by atoms with van der Waals surface area (Å²) < 4.78 is 0. The van der Waals surface area contributed by atoms with Gasteiger partial charge in [-0.25, -0.2) is 0 Å². The van der Waals surface area contributed by atoms with E-state index in [1.807, 2.05) is 11.8 Å². The average Bonchev–Trinajstić information content (AvgIpc) is 3.25. The summed E-state index contributed by atoms with van der Waals surface area (Å²) in [6.07, 6.45) is 0. The summed E-state index contributed by atoms with van der Waals surface area (Å²) in [6.45, 7) is 11.4. The fraction of sp³-hybridized carbons (Fsp3) is 0.111. The van der Waals surface area contributed by atoms with Crippen molar-refractivity contribution in [2.75, 3.05) is 15.1 Å². The molecule has 0 aliphatic carbocycles. The molecule has 8 aromatic rings. The monoisotopic (exact) mass is 778 g/mol. The normalized spacial score (nSPS) is 13.3. The largest absolute Gasteiger partial charge is 0.355 e. The van der Waals surface area contributed by atoms with Gasteiger partial charge in [0, 0.05) is 66.3 Å². The van der Waals surface area contributed by atoms with E-state index in [9.17, 15) is 0 Å². The van der Waals surface area contributed by atoms with Gasteiger partial charge in [0.2, 0.25) is 0 Å². The lowest BCUT2D eigenvalue weighted by Crippen LogP contribution is -2.41. The highest BCUT2D eigenvalue weighted by Gasteiger charge is 2.35. The smallest absolute Gasteiger partial charge is 0.197 e. The number of para-hydroxylation sites is 4. The van der Waals surface area contributed by atoms with Crippen LogP contribution in [0.25, 0.3) is 11.1 Å². The van der Waals surface area contributed by atoms with Gasteiger partial charge < -0.3 is 15.1 Å². The molecule has 0 amide bonds. The van der Waals surface area contributed by atoms with Crippen LogP contribution in [0.4, 0.5) is 45.5 Å². The molecule has 0 saturated carbocycles. The Morgan fingerprint density at radius 2 is 1.17 bits per heavy atom. The van der Waals surface area contributed by atoms with Crippen LogP contribution in [0.2, 0.25) is 0 Å². The summed E-state index contributed by atoms with van der Waals surface area (Å²) in [6, 6.07) is 64.2. The lowest BCUT2D eigenvalue weighted by Gasteiger charge is -2.38. The minimum absolute atomic E-state index is 0.187. The van der Waals surface area contributed by atoms with Crippen LogP contribution in [-0.4, -0.2) is 7.28 Å². The van der Waals surface area contributed by atoms with Crippen molar-refractivity contribution in [2.45, 2.75) is 49.8 Å². The molecule has 0 bridgehead atoms. The number of nitrogens with one attached hydrogen (secondary N) is 1. The summed E-state index contributed by atoms with van der Waals surface area (Å²) >= 11 is 1.88. The standard InChI is InChI=1S/C54H45BN3S/c1-35-30-42(41-33-44-52(34-47(41)56-46-25-15-12-18-36(46)2)59-51-27-17-14-24-43(51)54(44,4)5)53-50(31-35)58(48-26-16-13-19-37(48)3)49-29-28-40(32-45(49)55-53)57(38-20-8-6-9-21-38)39-22-10-7-11-23-39/h6-34,56H,1-5H3. The van der Waals surface area contributed by atoms with Crippen molar-refractivity contribution in [2.24, 2.45) is 0 Å². The van der Waals surface area contributed by atoms with Crippen LogP contribution < -0.4 is 26.0 Å². The molecule has 10 rings (SSSR count). The van der Waals surface area contributed by atoms with Crippen LogP contribution in [0.5, 0.6) is 0 Å². The van der Waals surface area contributed by atoms with Crippen LogP contribution >= 0.6 is 11.8 Å². The fourth-order valence-corrected chi connectivity index (χ4v) is 10.4. The van der Waals surface area contributed by atoms with Gasteiger partial charge in [-0.1, -0.05) is 128 Å². The first-order valence-electron chi connectivity index (χ1n) is 20.4. The predicted molar refractivity (Wildman–Crippen MR) is 253 cm³/mol. The first-order chi connectivity index (χ1) is 28.7. The summed E-state index contributed by atoms with van der Waals surface area (Å²) in [5.74, 6) is 0. The lowest BCUT2D eigenvalue weighted by molar-refractivity contribution is 0.608. The third-order valence-corrected chi connectivity index (χ3v) is 13.2. The summed E-state index contributed by atoms with van der Waals surface area (Å²) in [5, 5.41) is 3.95. The zero-order valence-corrected chi connectivity index (χ0v) is 34.9. The van der Waals surface area contributed by atoms with Crippen LogP contribution in [-0.2, 0) is 5.41 Å². The Bertz CT molecular complexity index is 2850. The van der Waals surface area contributed by atoms with E-state index in [1.165, 1.54) is 65.6 Å². The van der Waals surface area contributed by atoms with Crippen molar-refractivity contribution >= 4 is 75.5 Å². The number of hydrogen-bond acceptors (Lipinski definition) is 4. The van der Waals surface area contributed by atoms with Crippen molar-refractivity contribution in [3.05, 3.63) is 204 Å². The quantitative estimate of drug-likeness (QED) is 0.162. The molecular weight excluding hydrogens is 733 g/mol. The fourth-order valence-electron chi connectivity index (χ4n) is 8.97. The van der Waals surface area contributed by atoms with Gasteiger partial charge in [0.15, 0.2) is 7.28 Å². The van der Waals surface area contributed by atoms with Crippen molar-refractivity contribution < 1.29 is 0 Å². The molecule has 5 heteroatoms. The molecule has 8 aromatic carbocycles. The molecule has 0 saturated heterocycles. The zero-order valence-electron chi connectivity index (χ0n) is 34.1. The molecule has 0 aromatic heterocycles. The molecule has 0 atom stereocenters. The third kappa shape index (κ3) is 6.51. The summed E-state index contributed by atoms with van der Waals surface area (Å²) in [7, 11) is 2.43. The molecule has 59 heavy (non-hydrogen) atoms. The van der Waals surface area contributed by atoms with Crippen molar-refractivity contribution in [3.63, 3.8) is 0 Å². The van der Waals surface area contributed by atoms with Crippen LogP contribution in [0.3, 0.4) is 0 Å². The van der Waals surface area contributed by atoms with E-state index in [1.54, 1.807) is 0 Å². The van der Waals surface area contributed by atoms with E-state index in [2.05, 4.69) is 233 Å². The van der Waals surface area contributed by atoms with Gasteiger partial charge in [0.1, 0.15) is 0 Å². The van der Waals surface area contributed by atoms with Gasteiger partial charge in [-0.3, -0.25) is 0 Å². The summed E-state index contributed by atoms with van der Waals surface area (Å²) in [5.41, 5.74) is 20.0. The van der Waals surface area contributed by atoms with Gasteiger partial charge in [0.25, 0.3) is 0 Å². The van der Waals surface area contributed by atoms with E-state index < -0.39 is 0 Å². The van der Waals surface area contributed by atoms with Crippen molar-refractivity contribution in [3.8, 4) is 11.1 Å². The second kappa shape index (κ2) is 14.7. The molecule has 1 radical (unpaired) electrons. The van der Waals surface area contributed by atoms with Gasteiger partial charge >= 0.3 is 0 Å². The van der Waals surface area contributed by atoms with Gasteiger partial charge in [-0.05, 0) is 138 Å². The lowest BCUT2D eigenvalue weighted by atomic mass is 9.57. The van der Waals surface area contributed by atoms with Gasteiger partial charge in [-0.2, -0.15) is 0 Å². The zero-order chi connectivity index (χ0) is 40.3. The molecule has 285 valence electrons. The molecule has 2 heterocycles. The van der Waals surface area contributed by atoms with E-state index in [-0.39, 0.29) is 5.41 Å². The van der Waals surface area contributed by atoms with E-state index in [0.29, 0.717) is 0 Å². The second-order valence-corrected chi connectivity index (χ2v) is 17.4. The topological polar surface area (TPSA) is 18.5 Å². The average molecular weight is 779 g/mol. The van der Waals surface area contributed by atoms with Gasteiger partial charge in [-0.15, -0.1) is 0 Å². The number of benzene rings is 8. The molecule has 1 N–H and O–H groups in total. The first kappa shape index (κ1) is 36.9. The molecule has 2 aliphatic heterocycles. The number of hydrogen-bond donors (Lipinski definition) is 1. The van der Waals surface area contributed by atoms with E-state index in [0.717, 1.165) is 39.6 Å². The van der Waals surface area contributed by atoms with E-state index >= 15 is 0 Å². The number of nitrogens with zero attached hydrogens (tertiary/aromatic N) is 2. The van der Waals surface area contributed by atoms with Crippen molar-refractivity contribution in [1.29, 1.82) is 0 Å². The Labute approximate surface area is 353 Å². The van der Waals surface area contributed by atoms with Crippen molar-refractivity contribution in [1.82, 2.24) is 0 Å². The summed E-state index contributed by atoms with van der Waals surface area (Å²) in [4.78, 5) is 7.45. The number of aryl methyl sites for hydroxylation is 3. The highest BCUT2D eigenvalue weighted by atomic mass is 32.2. The van der Waals surface area contributed by atoms with E-state index in [4.69, 9.17) is 0 Å². The number of anilines is 8. The molecule has 0 spiro atoms. The Morgan fingerprint density at radius 3 is 1.90 bits per heavy atom. The second-order valence-electron chi connectivity index (χ2n) is 16.3. The highest BCUT2D eigenvalue weighted by molar-refractivity contribution is 7.99. The molecular formula is C54H45BN3S. The molecule has 2 aliphatic rings. The Hall–Kier alpha value is -6.43. The van der Waals surface area contributed by atoms with Crippen LogP contribution in [0.15, 0.2) is 186 Å². The minimum Gasteiger partial charge on any atom is -0.355 e. The maximum Gasteiger partial charge on any atom is 0.197 e. The molecule has 3 nitrogen and oxygen atoms in total. The SMILES string of the molecule is Cc1cc(-c2cc3c(cc2Nc2ccccc2C)Sc2ccccc2C3(C)C)c2c(c1)N(c1ccccc1C)c1ccc(N(c3ccccc3)c3ccccc3)cc1[B]2. The Kier molecular flexibility index (Phi) is 9.22. The molecule has 0 fully saturated rings. The first-order valence-corrected chi connectivity index (χ1v) is 21.2. The minimum atomic E-state index is -0.187. The predicted octanol–water partition coefficient (Wildman–Crippen LogP) is 13.7. The van der Waals surface area contributed by atoms with Gasteiger partial charge in [0.05, 0.1) is 0 Å². The molecule has 0 unspecified atom stereocenters. The Balaban J connectivity index is 1.21. The number of rotatable bonds is 7. The third-order valence-electron chi connectivity index (χ3n) is 12.0. The number of fused-ring (bicyclic) bond motifs is 4.